The number of carboxylic acids is 1. The molecule has 14 heteroatoms. The van der Waals surface area contributed by atoms with Crippen LogP contribution in [-0.4, -0.2) is 68.7 Å². The number of aliphatic carboxylic acids is 1. The van der Waals surface area contributed by atoms with Gasteiger partial charge in [-0.3, -0.25) is 24.6 Å². The summed E-state index contributed by atoms with van der Waals surface area (Å²) in [6.45, 7) is 4.87. The Labute approximate surface area is 204 Å². The summed E-state index contributed by atoms with van der Waals surface area (Å²) in [7, 11) is 1.30. The first-order chi connectivity index (χ1) is 16.3. The van der Waals surface area contributed by atoms with Gasteiger partial charge < -0.3 is 25.2 Å². The number of rotatable bonds is 7. The van der Waals surface area contributed by atoms with Crippen molar-refractivity contribution in [3.8, 4) is 0 Å². The van der Waals surface area contributed by atoms with Gasteiger partial charge in [-0.2, -0.15) is 0 Å². The second kappa shape index (κ2) is 9.82. The molecular formula is C21H24N4O9S. The number of carboxylic acid groups (broad SMARTS) is 1. The van der Waals surface area contributed by atoms with Gasteiger partial charge in [-0.1, -0.05) is 12.1 Å². The number of nitro benzene ring substituents is 1. The summed E-state index contributed by atoms with van der Waals surface area (Å²) in [5, 5.41) is 24.9. The van der Waals surface area contributed by atoms with Crippen molar-refractivity contribution in [1.29, 1.82) is 0 Å². The molecule has 0 bridgehead atoms. The van der Waals surface area contributed by atoms with Crippen molar-refractivity contribution >= 4 is 41.3 Å². The normalized spacial score (nSPS) is 20.2. The summed E-state index contributed by atoms with van der Waals surface area (Å²) in [6, 6.07) is 2.61. The molecule has 0 spiro atoms. The fraction of sp³-hybridized carbons (Fsp3) is 0.429. The third-order valence-electron chi connectivity index (χ3n) is 5.02. The van der Waals surface area contributed by atoms with E-state index in [4.69, 9.17) is 9.47 Å². The molecule has 1 aromatic rings. The van der Waals surface area contributed by atoms with Crippen LogP contribution in [0.3, 0.4) is 0 Å². The molecule has 188 valence electrons. The molecule has 13 nitrogen and oxygen atoms in total. The Bertz CT molecular complexity index is 1110. The standard InChI is InChI=1S/C21H24N4O9S/c1-21(2,3)34-20(30)23-13(10-6-5-7-11(8-10)25(31)32)16(26)22-14-17(27)24-15(19(28)29)12(33-4)9-35-18(14)24/h5-8,13-14,18H,9H2,1-4H3,(H,22,26)(H,23,30)(H,28,29)/t13?,14-,18+/m1/s1. The highest BCUT2D eigenvalue weighted by Crippen LogP contribution is 2.40. The van der Waals surface area contributed by atoms with E-state index in [1.54, 1.807) is 20.8 Å². The van der Waals surface area contributed by atoms with Gasteiger partial charge in [0.15, 0.2) is 5.70 Å². The number of benzene rings is 1. The SMILES string of the molecule is COC1=C(C(=O)O)N2C(=O)[C@@H](NC(=O)C(NC(=O)OC(C)(C)C)c3cccc([N+](=O)[O-])c3)[C@@H]2SC1. The van der Waals surface area contributed by atoms with Gasteiger partial charge in [0.2, 0.25) is 5.91 Å². The number of ether oxygens (including phenoxy) is 2. The van der Waals surface area contributed by atoms with Crippen LogP contribution in [0.2, 0.25) is 0 Å². The first kappa shape index (κ1) is 25.8. The highest BCUT2D eigenvalue weighted by Gasteiger charge is 2.55. The van der Waals surface area contributed by atoms with Gasteiger partial charge in [0.05, 0.1) is 17.8 Å². The van der Waals surface area contributed by atoms with Gasteiger partial charge in [-0.25, -0.2) is 9.59 Å². The lowest BCUT2D eigenvalue weighted by Gasteiger charge is -2.49. The molecule has 3 N–H and O–H groups in total. The van der Waals surface area contributed by atoms with Gasteiger partial charge in [0.1, 0.15) is 28.8 Å². The molecule has 1 aromatic carbocycles. The van der Waals surface area contributed by atoms with Crippen molar-refractivity contribution < 1.29 is 38.7 Å². The van der Waals surface area contributed by atoms with Crippen LogP contribution in [0.4, 0.5) is 10.5 Å². The number of β-lactam (4-membered cyclic amide) rings is 1. The van der Waals surface area contributed by atoms with Crippen LogP contribution < -0.4 is 10.6 Å². The zero-order chi connectivity index (χ0) is 26.1. The van der Waals surface area contributed by atoms with E-state index < -0.39 is 51.9 Å². The number of nitro groups is 1. The Hall–Kier alpha value is -3.81. The number of thioether (sulfide) groups is 1. The molecule has 0 aliphatic carbocycles. The van der Waals surface area contributed by atoms with E-state index in [0.29, 0.717) is 0 Å². The van der Waals surface area contributed by atoms with Gasteiger partial charge in [0, 0.05) is 12.1 Å². The zero-order valence-corrected chi connectivity index (χ0v) is 20.1. The van der Waals surface area contributed by atoms with Crippen molar-refractivity contribution in [2.45, 2.75) is 43.8 Å². The second-order valence-electron chi connectivity index (χ2n) is 8.61. The fourth-order valence-corrected chi connectivity index (χ4v) is 4.84. The third-order valence-corrected chi connectivity index (χ3v) is 6.27. The van der Waals surface area contributed by atoms with Crippen LogP contribution >= 0.6 is 11.8 Å². The molecule has 1 saturated heterocycles. The molecular weight excluding hydrogens is 484 g/mol. The fourth-order valence-electron chi connectivity index (χ4n) is 3.53. The molecule has 0 aromatic heterocycles. The molecule has 35 heavy (non-hydrogen) atoms. The van der Waals surface area contributed by atoms with E-state index in [1.165, 1.54) is 37.1 Å². The Kier molecular flexibility index (Phi) is 7.24. The first-order valence-electron chi connectivity index (χ1n) is 10.3. The number of non-ortho nitro benzene ring substituents is 1. The predicted octanol–water partition coefficient (Wildman–Crippen LogP) is 1.50. The Morgan fingerprint density at radius 1 is 1.31 bits per heavy atom. The topological polar surface area (TPSA) is 177 Å². The maximum absolute atomic E-state index is 13.2. The first-order valence-corrected chi connectivity index (χ1v) is 11.4. The van der Waals surface area contributed by atoms with Crippen molar-refractivity contribution in [3.63, 3.8) is 0 Å². The molecule has 3 amide bonds. The van der Waals surface area contributed by atoms with Crippen molar-refractivity contribution in [2.24, 2.45) is 0 Å². The smallest absolute Gasteiger partial charge is 0.408 e. The summed E-state index contributed by atoms with van der Waals surface area (Å²) in [5.41, 5.74) is -1.39. The van der Waals surface area contributed by atoms with Gasteiger partial charge >= 0.3 is 12.1 Å². The monoisotopic (exact) mass is 508 g/mol. The summed E-state index contributed by atoms with van der Waals surface area (Å²) in [4.78, 5) is 61.6. The third kappa shape index (κ3) is 5.48. The lowest BCUT2D eigenvalue weighted by Crippen LogP contribution is -2.71. The van der Waals surface area contributed by atoms with E-state index in [2.05, 4.69) is 10.6 Å². The summed E-state index contributed by atoms with van der Waals surface area (Å²) >= 11 is 1.20. The average molecular weight is 509 g/mol. The minimum atomic E-state index is -1.43. The number of hydrogen-bond acceptors (Lipinski definition) is 9. The Morgan fingerprint density at radius 2 is 2.00 bits per heavy atom. The maximum Gasteiger partial charge on any atom is 0.408 e. The van der Waals surface area contributed by atoms with Crippen LogP contribution in [0.5, 0.6) is 0 Å². The lowest BCUT2D eigenvalue weighted by molar-refractivity contribution is -0.384. The number of methoxy groups -OCH3 is 1. The molecule has 0 radical (unpaired) electrons. The Morgan fingerprint density at radius 3 is 2.57 bits per heavy atom. The lowest BCUT2D eigenvalue weighted by atomic mass is 10.0. The van der Waals surface area contributed by atoms with Gasteiger partial charge in [0.25, 0.3) is 11.6 Å². The number of nitrogens with one attached hydrogen (secondary N) is 2. The van der Waals surface area contributed by atoms with Crippen LogP contribution in [0.1, 0.15) is 32.4 Å². The van der Waals surface area contributed by atoms with Crippen molar-refractivity contribution in [2.75, 3.05) is 12.9 Å². The highest BCUT2D eigenvalue weighted by molar-refractivity contribution is 8.00. The number of amides is 3. The molecule has 1 unspecified atom stereocenters. The van der Waals surface area contributed by atoms with E-state index in [9.17, 15) is 34.4 Å². The summed E-state index contributed by atoms with van der Waals surface area (Å²) in [5.74, 6) is -2.54. The van der Waals surface area contributed by atoms with Gasteiger partial charge in [-0.15, -0.1) is 11.8 Å². The quantitative estimate of drug-likeness (QED) is 0.278. The number of alkyl carbamates (subject to hydrolysis) is 1. The predicted molar refractivity (Wildman–Crippen MR) is 122 cm³/mol. The van der Waals surface area contributed by atoms with Crippen LogP contribution in [-0.2, 0) is 23.9 Å². The molecule has 2 aliphatic rings. The minimum Gasteiger partial charge on any atom is -0.498 e. The molecule has 2 aliphatic heterocycles. The van der Waals surface area contributed by atoms with E-state index in [-0.39, 0.29) is 28.5 Å². The summed E-state index contributed by atoms with van der Waals surface area (Å²) < 4.78 is 10.3. The maximum atomic E-state index is 13.2. The number of nitrogens with zero attached hydrogens (tertiary/aromatic N) is 2. The number of carbonyl (C=O) groups excluding carboxylic acids is 3. The van der Waals surface area contributed by atoms with Crippen LogP contribution in [0.15, 0.2) is 35.7 Å². The average Bonchev–Trinajstić information content (AvgIpc) is 2.78. The van der Waals surface area contributed by atoms with E-state index in [0.717, 1.165) is 11.0 Å². The second-order valence-corrected chi connectivity index (χ2v) is 9.71. The van der Waals surface area contributed by atoms with Crippen LogP contribution in [0, 0.1) is 10.1 Å². The van der Waals surface area contributed by atoms with Gasteiger partial charge in [-0.05, 0) is 26.3 Å². The molecule has 3 atom stereocenters. The molecule has 0 saturated carbocycles. The van der Waals surface area contributed by atoms with E-state index >= 15 is 0 Å². The van der Waals surface area contributed by atoms with Crippen molar-refractivity contribution in [3.05, 3.63) is 51.4 Å². The largest absolute Gasteiger partial charge is 0.498 e. The number of hydrogen-bond donors (Lipinski definition) is 3. The molecule has 3 rings (SSSR count). The molecule has 1 fully saturated rings. The van der Waals surface area contributed by atoms with Crippen molar-refractivity contribution in [1.82, 2.24) is 15.5 Å². The van der Waals surface area contributed by atoms with Crippen LogP contribution in [0.25, 0.3) is 0 Å². The summed E-state index contributed by atoms with van der Waals surface area (Å²) in [6.07, 6.45) is -0.946. The number of carbonyl (C=O) groups is 4. The number of fused-ring (bicyclic) bond motifs is 1. The van der Waals surface area contributed by atoms with E-state index in [1.807, 2.05) is 0 Å². The zero-order valence-electron chi connectivity index (χ0n) is 19.3. The molecule has 2 heterocycles. The highest BCUT2D eigenvalue weighted by atomic mass is 32.2. The Balaban J connectivity index is 1.85. The minimum absolute atomic E-state index is 0.0928.